The van der Waals surface area contributed by atoms with Crippen LogP contribution in [-0.4, -0.2) is 57.1 Å². The highest BCUT2D eigenvalue weighted by Crippen LogP contribution is 2.42. The van der Waals surface area contributed by atoms with Gasteiger partial charge in [-0.05, 0) is 60.9 Å². The molecule has 0 fully saturated rings. The van der Waals surface area contributed by atoms with Crippen LogP contribution in [-0.2, 0) is 16.1 Å². The van der Waals surface area contributed by atoms with Gasteiger partial charge in [0, 0.05) is 35.8 Å². The number of carboxylic acids is 1. The summed E-state index contributed by atoms with van der Waals surface area (Å²) in [6.45, 7) is 3.92. The van der Waals surface area contributed by atoms with Crippen LogP contribution in [0.1, 0.15) is 64.8 Å². The molecular weight excluding hydrogens is 591 g/mol. The molecule has 10 heteroatoms. The van der Waals surface area contributed by atoms with Gasteiger partial charge in [-0.1, -0.05) is 60.7 Å². The minimum Gasteiger partial charge on any atom is -0.481 e. The number of aliphatic carboxylic acids is 1. The molecule has 4 rings (SSSR count). The molecule has 1 aromatic heterocycles. The number of nitrogens with zero attached hydrogens (tertiary/aromatic N) is 1. The Morgan fingerprint density at radius 1 is 0.935 bits per heavy atom. The van der Waals surface area contributed by atoms with Gasteiger partial charge in [-0.15, -0.1) is 0 Å². The predicted octanol–water partition coefficient (Wildman–Crippen LogP) is 5.86. The molecule has 1 amide bonds. The largest absolute Gasteiger partial charge is 0.481 e. The summed E-state index contributed by atoms with van der Waals surface area (Å²) in [5.41, 5.74) is 4.46. The summed E-state index contributed by atoms with van der Waals surface area (Å²) in [5.74, 6) is -2.51. The molecule has 4 aromatic rings. The third kappa shape index (κ3) is 8.15. The average molecular weight is 629 g/mol. The Morgan fingerprint density at radius 3 is 2.24 bits per heavy atom. The number of aliphatic hydroxyl groups is 2. The van der Waals surface area contributed by atoms with E-state index in [1.165, 1.54) is 25.3 Å². The maximum Gasteiger partial charge on any atom is 0.337 e. The van der Waals surface area contributed by atoms with E-state index < -0.39 is 42.3 Å². The van der Waals surface area contributed by atoms with Crippen molar-refractivity contribution in [3.63, 3.8) is 0 Å². The fraction of sp³-hybridized carbons (Fsp3) is 0.250. The van der Waals surface area contributed by atoms with Crippen molar-refractivity contribution in [2.75, 3.05) is 7.11 Å². The van der Waals surface area contributed by atoms with E-state index in [1.54, 1.807) is 42.5 Å². The number of ether oxygens (including phenoxy) is 1. The van der Waals surface area contributed by atoms with E-state index in [0.717, 1.165) is 5.56 Å². The van der Waals surface area contributed by atoms with Gasteiger partial charge in [0.1, 0.15) is 11.5 Å². The van der Waals surface area contributed by atoms with E-state index in [1.807, 2.05) is 48.7 Å². The van der Waals surface area contributed by atoms with Gasteiger partial charge in [-0.25, -0.2) is 9.18 Å². The standard InChI is InChI=1S/C36H37FN2O7/c1-22(2)39-30(17-16-28(40)19-29(41)20-31(42)43)32(25-12-14-27(37)15-13-25)33(24-9-5-4-6-10-24)34(39)35(44)38-21-23-8-7-11-26(18-23)36(45)46-3/h4-18,22,28-29,40-41H,19-21H2,1-3H3,(H,38,44)(H,42,43)/b17-16+/t28-,29-/m1/s1. The number of hydrogen-bond acceptors (Lipinski definition) is 6. The second-order valence-electron chi connectivity index (χ2n) is 11.1. The van der Waals surface area contributed by atoms with Crippen LogP contribution in [0.3, 0.4) is 0 Å². The Kier molecular flexibility index (Phi) is 11.2. The van der Waals surface area contributed by atoms with E-state index in [2.05, 4.69) is 5.32 Å². The van der Waals surface area contributed by atoms with E-state index >= 15 is 0 Å². The van der Waals surface area contributed by atoms with Crippen LogP contribution in [0.15, 0.2) is 84.9 Å². The fourth-order valence-corrected chi connectivity index (χ4v) is 5.36. The summed E-state index contributed by atoms with van der Waals surface area (Å²) >= 11 is 0. The highest BCUT2D eigenvalue weighted by Gasteiger charge is 2.29. The zero-order chi connectivity index (χ0) is 33.4. The number of nitrogens with one attached hydrogen (secondary N) is 1. The lowest BCUT2D eigenvalue weighted by atomic mass is 9.94. The van der Waals surface area contributed by atoms with Crippen molar-refractivity contribution in [3.8, 4) is 22.3 Å². The number of carbonyl (C=O) groups is 3. The lowest BCUT2D eigenvalue weighted by Crippen LogP contribution is -2.27. The van der Waals surface area contributed by atoms with Crippen LogP contribution in [0.5, 0.6) is 0 Å². The molecule has 4 N–H and O–H groups in total. The highest BCUT2D eigenvalue weighted by atomic mass is 19.1. The molecule has 0 radical (unpaired) electrons. The van der Waals surface area contributed by atoms with Crippen LogP contribution in [0.2, 0.25) is 0 Å². The molecule has 3 aromatic carbocycles. The van der Waals surface area contributed by atoms with E-state index in [0.29, 0.717) is 39.2 Å². The Hall–Kier alpha value is -5.06. The average Bonchev–Trinajstić information content (AvgIpc) is 3.38. The molecule has 0 saturated heterocycles. The summed E-state index contributed by atoms with van der Waals surface area (Å²) in [6.07, 6.45) is -0.0873. The van der Waals surface area contributed by atoms with Gasteiger partial charge in [0.15, 0.2) is 0 Å². The third-order valence-corrected chi connectivity index (χ3v) is 7.37. The van der Waals surface area contributed by atoms with Crippen LogP contribution in [0.25, 0.3) is 28.3 Å². The first kappa shape index (κ1) is 33.8. The topological polar surface area (TPSA) is 138 Å². The number of methoxy groups -OCH3 is 1. The van der Waals surface area contributed by atoms with E-state index in [-0.39, 0.29) is 19.0 Å². The van der Waals surface area contributed by atoms with Crippen LogP contribution in [0.4, 0.5) is 4.39 Å². The van der Waals surface area contributed by atoms with Gasteiger partial charge in [0.25, 0.3) is 5.91 Å². The molecule has 0 aliphatic heterocycles. The van der Waals surface area contributed by atoms with Crippen molar-refractivity contribution in [2.24, 2.45) is 0 Å². The molecule has 9 nitrogen and oxygen atoms in total. The first-order valence-corrected chi connectivity index (χ1v) is 14.8. The molecule has 2 atom stereocenters. The zero-order valence-electron chi connectivity index (χ0n) is 25.8. The molecule has 1 heterocycles. The number of halogens is 1. The summed E-state index contributed by atoms with van der Waals surface area (Å²) in [5, 5.41) is 32.8. The van der Waals surface area contributed by atoms with Gasteiger partial charge in [-0.3, -0.25) is 9.59 Å². The van der Waals surface area contributed by atoms with Crippen molar-refractivity contribution in [1.29, 1.82) is 0 Å². The summed E-state index contributed by atoms with van der Waals surface area (Å²) < 4.78 is 20.7. The molecular formula is C36H37FN2O7. The molecule has 0 aliphatic carbocycles. The second-order valence-corrected chi connectivity index (χ2v) is 11.1. The number of benzene rings is 3. The number of esters is 1. The molecule has 240 valence electrons. The van der Waals surface area contributed by atoms with Gasteiger partial charge < -0.3 is 29.9 Å². The Bertz CT molecular complexity index is 1710. The van der Waals surface area contributed by atoms with Crippen LogP contribution < -0.4 is 5.32 Å². The summed E-state index contributed by atoms with van der Waals surface area (Å²) in [7, 11) is 1.30. The second kappa shape index (κ2) is 15.3. The van der Waals surface area contributed by atoms with Gasteiger partial charge in [-0.2, -0.15) is 0 Å². The maximum absolute atomic E-state index is 14.2. The Morgan fingerprint density at radius 2 is 1.61 bits per heavy atom. The number of amides is 1. The number of aliphatic hydroxyl groups excluding tert-OH is 2. The van der Waals surface area contributed by atoms with Crippen molar-refractivity contribution < 1.29 is 38.8 Å². The van der Waals surface area contributed by atoms with Gasteiger partial charge in [0.05, 0.1) is 31.3 Å². The number of rotatable bonds is 13. The quantitative estimate of drug-likeness (QED) is 0.136. The number of carbonyl (C=O) groups excluding carboxylic acids is 2. The molecule has 0 spiro atoms. The van der Waals surface area contributed by atoms with Crippen LogP contribution in [0, 0.1) is 5.82 Å². The molecule has 0 unspecified atom stereocenters. The highest BCUT2D eigenvalue weighted by molar-refractivity contribution is 6.06. The van der Waals surface area contributed by atoms with E-state index in [4.69, 9.17) is 9.84 Å². The molecule has 46 heavy (non-hydrogen) atoms. The van der Waals surface area contributed by atoms with Crippen molar-refractivity contribution in [3.05, 3.63) is 113 Å². The fourth-order valence-electron chi connectivity index (χ4n) is 5.36. The normalized spacial score (nSPS) is 12.7. The number of hydrogen-bond donors (Lipinski definition) is 4. The SMILES string of the molecule is COC(=O)c1cccc(CNC(=O)c2c(-c3ccccc3)c(-c3ccc(F)cc3)c(/C=C/[C@@H](O)C[C@@H](O)CC(=O)O)n2C(C)C)c1. The van der Waals surface area contributed by atoms with Gasteiger partial charge in [0.2, 0.25) is 0 Å². The first-order valence-electron chi connectivity index (χ1n) is 14.8. The number of aromatic nitrogens is 1. The first-order chi connectivity index (χ1) is 22.0. The molecule has 0 saturated carbocycles. The lowest BCUT2D eigenvalue weighted by molar-refractivity contribution is -0.139. The Labute approximate surface area is 266 Å². The summed E-state index contributed by atoms with van der Waals surface area (Å²) in [6, 6.07) is 21.7. The third-order valence-electron chi connectivity index (χ3n) is 7.37. The minimum absolute atomic E-state index is 0.110. The van der Waals surface area contributed by atoms with Crippen LogP contribution >= 0.6 is 0 Å². The molecule has 0 aliphatic rings. The van der Waals surface area contributed by atoms with E-state index in [9.17, 15) is 29.0 Å². The smallest absolute Gasteiger partial charge is 0.337 e. The van der Waals surface area contributed by atoms with Crippen molar-refractivity contribution in [2.45, 2.75) is 51.5 Å². The minimum atomic E-state index is -1.26. The maximum atomic E-state index is 14.2. The molecule has 0 bridgehead atoms. The lowest BCUT2D eigenvalue weighted by Gasteiger charge is -2.17. The van der Waals surface area contributed by atoms with Crippen molar-refractivity contribution in [1.82, 2.24) is 9.88 Å². The van der Waals surface area contributed by atoms with Crippen molar-refractivity contribution >= 4 is 23.9 Å². The zero-order valence-corrected chi connectivity index (χ0v) is 25.8. The Balaban J connectivity index is 1.88. The predicted molar refractivity (Wildman–Crippen MR) is 173 cm³/mol. The summed E-state index contributed by atoms with van der Waals surface area (Å²) in [4.78, 5) is 37.3. The monoisotopic (exact) mass is 628 g/mol. The number of carboxylic acid groups (broad SMARTS) is 1. The van der Waals surface area contributed by atoms with Gasteiger partial charge >= 0.3 is 11.9 Å².